The third-order valence-electron chi connectivity index (χ3n) is 4.50. The van der Waals surface area contributed by atoms with Gasteiger partial charge in [-0.05, 0) is 25.2 Å². The van der Waals surface area contributed by atoms with E-state index in [4.69, 9.17) is 0 Å². The van der Waals surface area contributed by atoms with Gasteiger partial charge in [0.25, 0.3) is 0 Å². The lowest BCUT2D eigenvalue weighted by molar-refractivity contribution is -0.916. The predicted molar refractivity (Wildman–Crippen MR) is 64.0 cm³/mol. The Hall–Kier alpha value is 0.880. The number of quaternary nitrogens is 2. The molecule has 2 nitrogen and oxygen atoms in total. The maximum atomic E-state index is 2.30. The molecule has 104 valence electrons. The van der Waals surface area contributed by atoms with Crippen LogP contribution < -0.4 is 38.9 Å². The fourth-order valence-electron chi connectivity index (χ4n) is 3.22. The molecule has 4 aliphatic heterocycles. The maximum absolute atomic E-state index is 2.30. The molecule has 0 spiro atoms. The minimum Gasteiger partial charge on any atom is -1.00 e. The van der Waals surface area contributed by atoms with Crippen LogP contribution in [0.4, 0.5) is 0 Å². The Morgan fingerprint density at radius 2 is 1.24 bits per heavy atom. The second-order valence-electron chi connectivity index (χ2n) is 6.32. The van der Waals surface area contributed by atoms with Gasteiger partial charge in [-0.3, -0.25) is 0 Å². The van der Waals surface area contributed by atoms with E-state index in [1.165, 1.54) is 69.3 Å². The van der Waals surface area contributed by atoms with Crippen LogP contribution in [0.15, 0.2) is 0 Å². The standard InChI is InChI=1S/C7H13N.C6H14N.2BrH/c1-4-8-5-2-7(1)3-6-8;1-7(2)5-3-4-6-7;;/h7H,1-6H2;3-6H2,1-2H3;2*1H/q;+1;;/p-1. The number of fused-ring (bicyclic) bond motifs is 3. The molecule has 17 heavy (non-hydrogen) atoms. The van der Waals surface area contributed by atoms with E-state index >= 15 is 0 Å². The van der Waals surface area contributed by atoms with E-state index in [2.05, 4.69) is 14.1 Å². The van der Waals surface area contributed by atoms with Crippen LogP contribution >= 0.6 is 0 Å². The van der Waals surface area contributed by atoms with Crippen molar-refractivity contribution < 1.29 is 43.3 Å². The van der Waals surface area contributed by atoms with Gasteiger partial charge in [0.05, 0.1) is 46.8 Å². The molecule has 4 heteroatoms. The molecule has 0 aliphatic carbocycles. The average molecular weight is 372 g/mol. The summed E-state index contributed by atoms with van der Waals surface area (Å²) in [7, 11) is 4.60. The molecule has 0 unspecified atom stereocenters. The summed E-state index contributed by atoms with van der Waals surface area (Å²) in [6, 6.07) is 0. The molecule has 0 atom stereocenters. The predicted octanol–water partition coefficient (Wildman–Crippen LogP) is -5.45. The fourth-order valence-corrected chi connectivity index (χ4v) is 3.22. The lowest BCUT2D eigenvalue weighted by Gasteiger charge is -2.35. The highest BCUT2D eigenvalue weighted by molar-refractivity contribution is 4.66. The van der Waals surface area contributed by atoms with Crippen LogP contribution in [0.5, 0.6) is 0 Å². The van der Waals surface area contributed by atoms with Crippen molar-refractivity contribution in [1.82, 2.24) is 0 Å². The van der Waals surface area contributed by atoms with Gasteiger partial charge in [0.2, 0.25) is 0 Å². The summed E-state index contributed by atoms with van der Waals surface area (Å²) in [6.07, 6.45) is 7.44. The van der Waals surface area contributed by atoms with Gasteiger partial charge in [0.1, 0.15) is 0 Å². The monoisotopic (exact) mass is 370 g/mol. The molecule has 0 aromatic heterocycles. The van der Waals surface area contributed by atoms with Gasteiger partial charge >= 0.3 is 0 Å². The highest BCUT2D eigenvalue weighted by atomic mass is 79.9. The number of piperidine rings is 3. The number of halogens is 2. The molecule has 0 aromatic carbocycles. The molecule has 1 N–H and O–H groups in total. The summed E-state index contributed by atoms with van der Waals surface area (Å²) >= 11 is 0. The number of hydrogen-bond donors (Lipinski definition) is 1. The first-order valence-corrected chi connectivity index (χ1v) is 6.81. The van der Waals surface area contributed by atoms with Crippen LogP contribution in [0.1, 0.15) is 32.1 Å². The molecule has 4 aliphatic rings. The minimum atomic E-state index is 0. The van der Waals surface area contributed by atoms with Crippen molar-refractivity contribution >= 4 is 0 Å². The Morgan fingerprint density at radius 3 is 1.35 bits per heavy atom. The maximum Gasteiger partial charge on any atom is 0.0784 e. The number of rotatable bonds is 0. The molecule has 0 aromatic rings. The van der Waals surface area contributed by atoms with Gasteiger partial charge in [0, 0.05) is 12.8 Å². The summed E-state index contributed by atoms with van der Waals surface area (Å²) < 4.78 is 1.25. The molecular weight excluding hydrogens is 344 g/mol. The average Bonchev–Trinajstić information content (AvgIpc) is 2.67. The second-order valence-corrected chi connectivity index (χ2v) is 6.32. The molecule has 0 radical (unpaired) electrons. The topological polar surface area (TPSA) is 4.44 Å². The van der Waals surface area contributed by atoms with Crippen molar-refractivity contribution in [3.8, 4) is 0 Å². The molecule has 0 saturated carbocycles. The molecule has 0 amide bonds. The van der Waals surface area contributed by atoms with Gasteiger partial charge in [-0.1, -0.05) is 0 Å². The van der Waals surface area contributed by atoms with E-state index in [-0.39, 0.29) is 34.0 Å². The number of hydrogen-bond acceptors (Lipinski definition) is 0. The second kappa shape index (κ2) is 8.13. The first-order valence-electron chi connectivity index (χ1n) is 6.81. The van der Waals surface area contributed by atoms with Gasteiger partial charge in [-0.15, -0.1) is 0 Å². The first kappa shape index (κ1) is 17.9. The SMILES string of the molecule is C1C[NH+]2CCC1CC2.C[N+]1(C)CCCC1.[Br-].[Br-]. The summed E-state index contributed by atoms with van der Waals surface area (Å²) in [5, 5.41) is 0. The third kappa shape index (κ3) is 6.04. The number of nitrogens with one attached hydrogen (secondary N) is 1. The minimum absolute atomic E-state index is 0. The van der Waals surface area contributed by atoms with E-state index in [1.807, 2.05) is 4.90 Å². The van der Waals surface area contributed by atoms with Gasteiger partial charge in [0.15, 0.2) is 0 Å². The smallest absolute Gasteiger partial charge is 0.0784 e. The zero-order chi connectivity index (χ0) is 10.7. The normalized spacial score (nSPS) is 32.8. The van der Waals surface area contributed by atoms with Gasteiger partial charge < -0.3 is 43.3 Å². The van der Waals surface area contributed by atoms with Crippen molar-refractivity contribution in [2.75, 3.05) is 46.8 Å². The zero-order valence-electron chi connectivity index (χ0n) is 11.4. The lowest BCUT2D eigenvalue weighted by atomic mass is 9.89. The van der Waals surface area contributed by atoms with Gasteiger partial charge in [-0.2, -0.15) is 0 Å². The van der Waals surface area contributed by atoms with E-state index in [0.717, 1.165) is 5.92 Å². The molecule has 4 saturated heterocycles. The molecular formula is C13H28Br2N2. The highest BCUT2D eigenvalue weighted by Crippen LogP contribution is 2.16. The van der Waals surface area contributed by atoms with Crippen molar-refractivity contribution in [2.45, 2.75) is 32.1 Å². The summed E-state index contributed by atoms with van der Waals surface area (Å²) in [5.41, 5.74) is 0. The summed E-state index contributed by atoms with van der Waals surface area (Å²) in [5.74, 6) is 1.13. The van der Waals surface area contributed by atoms with Crippen LogP contribution in [0.25, 0.3) is 0 Å². The largest absolute Gasteiger partial charge is 1.00 e. The summed E-state index contributed by atoms with van der Waals surface area (Å²) in [4.78, 5) is 1.87. The first-order chi connectivity index (χ1) is 7.16. The Bertz CT molecular complexity index is 171. The Kier molecular flexibility index (Phi) is 8.55. The van der Waals surface area contributed by atoms with Crippen molar-refractivity contribution in [3.63, 3.8) is 0 Å². The Balaban J connectivity index is 0.000000272. The fraction of sp³-hybridized carbons (Fsp3) is 1.00. The van der Waals surface area contributed by atoms with E-state index in [0.29, 0.717) is 0 Å². The Labute approximate surface area is 128 Å². The lowest BCUT2D eigenvalue weighted by Crippen LogP contribution is -3.14. The van der Waals surface area contributed by atoms with Crippen molar-refractivity contribution in [2.24, 2.45) is 5.92 Å². The van der Waals surface area contributed by atoms with Crippen LogP contribution in [0.2, 0.25) is 0 Å². The molecule has 4 fully saturated rings. The third-order valence-corrected chi connectivity index (χ3v) is 4.50. The van der Waals surface area contributed by atoms with Crippen molar-refractivity contribution in [1.29, 1.82) is 0 Å². The van der Waals surface area contributed by atoms with E-state index in [1.54, 1.807) is 0 Å². The van der Waals surface area contributed by atoms with Crippen LogP contribution in [-0.4, -0.2) is 51.3 Å². The van der Waals surface area contributed by atoms with Gasteiger partial charge in [-0.25, -0.2) is 0 Å². The zero-order valence-corrected chi connectivity index (χ0v) is 14.5. The van der Waals surface area contributed by atoms with Crippen LogP contribution in [0, 0.1) is 5.92 Å². The highest BCUT2D eigenvalue weighted by Gasteiger charge is 2.27. The van der Waals surface area contributed by atoms with E-state index in [9.17, 15) is 0 Å². The number of likely N-dealkylation sites (tertiary alicyclic amines) is 1. The van der Waals surface area contributed by atoms with E-state index < -0.39 is 0 Å². The molecule has 4 rings (SSSR count). The van der Waals surface area contributed by atoms with Crippen molar-refractivity contribution in [3.05, 3.63) is 0 Å². The molecule has 2 bridgehead atoms. The summed E-state index contributed by atoms with van der Waals surface area (Å²) in [6.45, 7) is 7.21. The number of nitrogens with zero attached hydrogens (tertiary/aromatic N) is 1. The molecule has 4 heterocycles. The Morgan fingerprint density at radius 1 is 0.824 bits per heavy atom. The van der Waals surface area contributed by atoms with Crippen LogP contribution in [0.3, 0.4) is 0 Å². The van der Waals surface area contributed by atoms with Crippen LogP contribution in [-0.2, 0) is 0 Å². The quantitative estimate of drug-likeness (QED) is 0.405.